The molecule has 0 atom stereocenters. The van der Waals surface area contributed by atoms with Crippen molar-refractivity contribution < 1.29 is 14.5 Å². The topological polar surface area (TPSA) is 69.4 Å². The zero-order chi connectivity index (χ0) is 15.6. The summed E-state index contributed by atoms with van der Waals surface area (Å²) in [7, 11) is 0. The highest BCUT2D eigenvalue weighted by molar-refractivity contribution is 6.33. The fourth-order valence-electron chi connectivity index (χ4n) is 1.85. The van der Waals surface area contributed by atoms with Gasteiger partial charge in [-0.3, -0.25) is 10.1 Å². The molecule has 0 aliphatic heterocycles. The molecule has 0 N–H and O–H groups in total. The average molecular weight is 306 g/mol. The molecule has 21 heavy (non-hydrogen) atoms. The van der Waals surface area contributed by atoms with Gasteiger partial charge in [-0.2, -0.15) is 0 Å². The van der Waals surface area contributed by atoms with Gasteiger partial charge in [-0.1, -0.05) is 29.3 Å². The minimum Gasteiger partial charge on any atom is -0.423 e. The number of carbonyl (C=O) groups is 1. The summed E-state index contributed by atoms with van der Waals surface area (Å²) >= 11 is 5.89. The molecule has 0 saturated carbocycles. The summed E-state index contributed by atoms with van der Waals surface area (Å²) in [5.41, 5.74) is 1.78. The molecule has 0 fully saturated rings. The Labute approximate surface area is 126 Å². The number of nitro groups is 1. The predicted octanol–water partition coefficient (Wildman–Crippen LogP) is 4.08. The number of hydrogen-bond acceptors (Lipinski definition) is 4. The van der Waals surface area contributed by atoms with Gasteiger partial charge in [-0.05, 0) is 31.5 Å². The molecule has 0 unspecified atom stereocenters. The van der Waals surface area contributed by atoms with E-state index >= 15 is 0 Å². The van der Waals surface area contributed by atoms with Crippen LogP contribution in [-0.4, -0.2) is 10.9 Å². The molecule has 108 valence electrons. The number of nitro benzene ring substituents is 1. The summed E-state index contributed by atoms with van der Waals surface area (Å²) in [6.07, 6.45) is 0. The van der Waals surface area contributed by atoms with E-state index in [0.29, 0.717) is 5.75 Å². The third kappa shape index (κ3) is 3.38. The molecule has 0 aliphatic rings. The molecule has 0 aliphatic carbocycles. The van der Waals surface area contributed by atoms with Crippen LogP contribution in [0.5, 0.6) is 5.75 Å². The first kappa shape index (κ1) is 15.0. The Morgan fingerprint density at radius 2 is 1.90 bits per heavy atom. The van der Waals surface area contributed by atoms with Gasteiger partial charge in [-0.15, -0.1) is 0 Å². The number of rotatable bonds is 3. The SMILES string of the molecule is Cc1ccc(OC(=O)c2ccc([N+](=O)[O-])cc2Cl)c(C)c1. The van der Waals surface area contributed by atoms with E-state index in [1.807, 2.05) is 26.0 Å². The largest absolute Gasteiger partial charge is 0.423 e. The molecule has 0 spiro atoms. The maximum Gasteiger partial charge on any atom is 0.345 e. The van der Waals surface area contributed by atoms with Crippen LogP contribution in [0.3, 0.4) is 0 Å². The van der Waals surface area contributed by atoms with E-state index in [1.54, 1.807) is 6.07 Å². The molecule has 0 saturated heterocycles. The van der Waals surface area contributed by atoms with Gasteiger partial charge in [0.2, 0.25) is 0 Å². The van der Waals surface area contributed by atoms with Gasteiger partial charge in [0.1, 0.15) is 5.75 Å². The van der Waals surface area contributed by atoms with E-state index < -0.39 is 10.9 Å². The number of non-ortho nitro benzene ring substituents is 1. The van der Waals surface area contributed by atoms with E-state index in [9.17, 15) is 14.9 Å². The lowest BCUT2D eigenvalue weighted by Crippen LogP contribution is -2.10. The number of aryl methyl sites for hydroxylation is 2. The van der Waals surface area contributed by atoms with Crippen LogP contribution in [0.25, 0.3) is 0 Å². The van der Waals surface area contributed by atoms with Crippen molar-refractivity contribution in [2.45, 2.75) is 13.8 Å². The van der Waals surface area contributed by atoms with Crippen molar-refractivity contribution in [3.8, 4) is 5.75 Å². The number of benzene rings is 2. The van der Waals surface area contributed by atoms with Gasteiger partial charge in [0.15, 0.2) is 0 Å². The van der Waals surface area contributed by atoms with Gasteiger partial charge >= 0.3 is 5.97 Å². The lowest BCUT2D eigenvalue weighted by atomic mass is 10.1. The summed E-state index contributed by atoms with van der Waals surface area (Å²) in [5, 5.41) is 10.6. The molecule has 2 aromatic carbocycles. The Balaban J connectivity index is 2.26. The van der Waals surface area contributed by atoms with Gasteiger partial charge in [0.25, 0.3) is 5.69 Å². The summed E-state index contributed by atoms with van der Waals surface area (Å²) < 4.78 is 5.27. The molecule has 0 bridgehead atoms. The summed E-state index contributed by atoms with van der Waals surface area (Å²) in [5.74, 6) is -0.220. The lowest BCUT2D eigenvalue weighted by molar-refractivity contribution is -0.384. The third-order valence-corrected chi connectivity index (χ3v) is 3.23. The first-order valence-corrected chi connectivity index (χ1v) is 6.49. The minimum absolute atomic E-state index is 0.0148. The number of esters is 1. The number of nitrogens with zero attached hydrogens (tertiary/aromatic N) is 1. The first-order valence-electron chi connectivity index (χ1n) is 6.12. The number of halogens is 1. The zero-order valence-electron chi connectivity index (χ0n) is 11.4. The van der Waals surface area contributed by atoms with Crippen LogP contribution in [0.1, 0.15) is 21.5 Å². The quantitative estimate of drug-likeness (QED) is 0.371. The fourth-order valence-corrected chi connectivity index (χ4v) is 2.10. The molecule has 0 aromatic heterocycles. The van der Waals surface area contributed by atoms with Crippen LogP contribution < -0.4 is 4.74 Å². The van der Waals surface area contributed by atoms with Crippen molar-refractivity contribution in [1.82, 2.24) is 0 Å². The van der Waals surface area contributed by atoms with Crippen LogP contribution >= 0.6 is 11.6 Å². The smallest absolute Gasteiger partial charge is 0.345 e. The van der Waals surface area contributed by atoms with Crippen molar-refractivity contribution >= 4 is 23.3 Å². The maximum atomic E-state index is 12.1. The second-order valence-corrected chi connectivity index (χ2v) is 4.99. The van der Waals surface area contributed by atoms with E-state index in [2.05, 4.69) is 0 Å². The van der Waals surface area contributed by atoms with Crippen molar-refractivity contribution in [3.63, 3.8) is 0 Å². The standard InChI is InChI=1S/C15H12ClNO4/c1-9-3-6-14(10(2)7-9)21-15(18)12-5-4-11(17(19)20)8-13(12)16/h3-8H,1-2H3. The van der Waals surface area contributed by atoms with Crippen molar-refractivity contribution in [1.29, 1.82) is 0 Å². The molecule has 6 heteroatoms. The Kier molecular flexibility index (Phi) is 4.23. The van der Waals surface area contributed by atoms with Crippen LogP contribution in [0.15, 0.2) is 36.4 Å². The van der Waals surface area contributed by atoms with Gasteiger partial charge in [0.05, 0.1) is 15.5 Å². The second kappa shape index (κ2) is 5.93. The minimum atomic E-state index is -0.651. The zero-order valence-corrected chi connectivity index (χ0v) is 12.2. The third-order valence-electron chi connectivity index (χ3n) is 2.92. The lowest BCUT2D eigenvalue weighted by Gasteiger charge is -2.09. The van der Waals surface area contributed by atoms with Crippen LogP contribution in [0, 0.1) is 24.0 Å². The summed E-state index contributed by atoms with van der Waals surface area (Å²) in [4.78, 5) is 22.1. The van der Waals surface area contributed by atoms with Crippen molar-refractivity contribution in [2.24, 2.45) is 0 Å². The van der Waals surface area contributed by atoms with E-state index in [-0.39, 0.29) is 16.3 Å². The van der Waals surface area contributed by atoms with Gasteiger partial charge < -0.3 is 4.74 Å². The second-order valence-electron chi connectivity index (χ2n) is 4.58. The van der Waals surface area contributed by atoms with E-state index in [4.69, 9.17) is 16.3 Å². The molecule has 0 radical (unpaired) electrons. The number of carbonyl (C=O) groups excluding carboxylic acids is 1. The molecule has 2 aromatic rings. The highest BCUT2D eigenvalue weighted by atomic mass is 35.5. The van der Waals surface area contributed by atoms with Crippen molar-refractivity contribution in [3.05, 3.63) is 68.2 Å². The molecule has 5 nitrogen and oxygen atoms in total. The van der Waals surface area contributed by atoms with Crippen LogP contribution in [-0.2, 0) is 0 Å². The highest BCUT2D eigenvalue weighted by Crippen LogP contribution is 2.25. The first-order chi connectivity index (χ1) is 9.88. The highest BCUT2D eigenvalue weighted by Gasteiger charge is 2.17. The van der Waals surface area contributed by atoms with Gasteiger partial charge in [0, 0.05) is 12.1 Å². The Bertz CT molecular complexity index is 728. The Morgan fingerprint density at radius 3 is 2.48 bits per heavy atom. The maximum absolute atomic E-state index is 12.1. The molecular formula is C15H12ClNO4. The van der Waals surface area contributed by atoms with E-state index in [0.717, 1.165) is 17.2 Å². The van der Waals surface area contributed by atoms with E-state index in [1.165, 1.54) is 12.1 Å². The molecule has 0 amide bonds. The Morgan fingerprint density at radius 1 is 1.19 bits per heavy atom. The fraction of sp³-hybridized carbons (Fsp3) is 0.133. The molecule has 2 rings (SSSR count). The average Bonchev–Trinajstić information content (AvgIpc) is 2.41. The molecular weight excluding hydrogens is 294 g/mol. The van der Waals surface area contributed by atoms with Gasteiger partial charge in [-0.25, -0.2) is 4.79 Å². The normalized spacial score (nSPS) is 10.2. The molecule has 0 heterocycles. The van der Waals surface area contributed by atoms with Crippen LogP contribution in [0.2, 0.25) is 5.02 Å². The summed E-state index contributed by atoms with van der Waals surface area (Å²) in [6.45, 7) is 3.76. The Hall–Kier alpha value is -2.40. The predicted molar refractivity (Wildman–Crippen MR) is 79.0 cm³/mol. The van der Waals surface area contributed by atoms with Crippen LogP contribution in [0.4, 0.5) is 5.69 Å². The number of hydrogen-bond donors (Lipinski definition) is 0. The summed E-state index contributed by atoms with van der Waals surface area (Å²) in [6, 6.07) is 9.03. The number of ether oxygens (including phenoxy) is 1. The monoisotopic (exact) mass is 305 g/mol. The van der Waals surface area contributed by atoms with Crippen molar-refractivity contribution in [2.75, 3.05) is 0 Å².